The second kappa shape index (κ2) is 7.15. The molecule has 1 unspecified atom stereocenters. The topological polar surface area (TPSA) is 56.3 Å². The fourth-order valence-electron chi connectivity index (χ4n) is 1.98. The predicted octanol–water partition coefficient (Wildman–Crippen LogP) is 3.49. The maximum atomic E-state index is 11.4. The number of halogens is 1. The lowest BCUT2D eigenvalue weighted by molar-refractivity contribution is 0.200. The van der Waals surface area contributed by atoms with Gasteiger partial charge in [-0.3, -0.25) is 9.17 Å². The van der Waals surface area contributed by atoms with Crippen LogP contribution in [0.2, 0.25) is 0 Å². The monoisotopic (exact) mass is 369 g/mol. The van der Waals surface area contributed by atoms with E-state index in [9.17, 15) is 8.42 Å². The van der Waals surface area contributed by atoms with Crippen LogP contribution >= 0.6 is 15.9 Å². The highest BCUT2D eigenvalue weighted by Crippen LogP contribution is 2.24. The standard InChI is InChI=1S/C15H16BrNO3S/c1-21(18,19)20-15(14-9-8-13(16)11-17-14)10-7-12-5-3-2-4-6-12/h2-6,8-9,11,15H,7,10H2,1H3. The van der Waals surface area contributed by atoms with Gasteiger partial charge >= 0.3 is 0 Å². The summed E-state index contributed by atoms with van der Waals surface area (Å²) in [6.45, 7) is 0. The largest absolute Gasteiger partial charge is 0.265 e. The van der Waals surface area contributed by atoms with E-state index in [4.69, 9.17) is 4.18 Å². The Kier molecular flexibility index (Phi) is 5.50. The Hall–Kier alpha value is -1.24. The van der Waals surface area contributed by atoms with Crippen molar-refractivity contribution in [2.45, 2.75) is 18.9 Å². The van der Waals surface area contributed by atoms with Crippen molar-refractivity contribution in [3.05, 3.63) is 64.4 Å². The van der Waals surface area contributed by atoms with E-state index in [0.29, 0.717) is 12.1 Å². The number of pyridine rings is 1. The van der Waals surface area contributed by atoms with Gasteiger partial charge in [0, 0.05) is 10.7 Å². The van der Waals surface area contributed by atoms with Crippen LogP contribution < -0.4 is 0 Å². The van der Waals surface area contributed by atoms with Gasteiger partial charge < -0.3 is 0 Å². The van der Waals surface area contributed by atoms with Gasteiger partial charge in [-0.1, -0.05) is 30.3 Å². The van der Waals surface area contributed by atoms with E-state index in [1.54, 1.807) is 12.3 Å². The van der Waals surface area contributed by atoms with Crippen LogP contribution in [0.3, 0.4) is 0 Å². The zero-order valence-corrected chi connectivity index (χ0v) is 14.0. The summed E-state index contributed by atoms with van der Waals surface area (Å²) in [5.41, 5.74) is 1.75. The highest BCUT2D eigenvalue weighted by atomic mass is 79.9. The van der Waals surface area contributed by atoms with Crippen LogP contribution in [-0.2, 0) is 20.7 Å². The van der Waals surface area contributed by atoms with E-state index >= 15 is 0 Å². The lowest BCUT2D eigenvalue weighted by Gasteiger charge is -2.16. The van der Waals surface area contributed by atoms with Gasteiger partial charge in [-0.25, -0.2) is 0 Å². The fraction of sp³-hybridized carbons (Fsp3) is 0.267. The first kappa shape index (κ1) is 16.1. The molecule has 1 atom stereocenters. The van der Waals surface area contributed by atoms with Crippen molar-refractivity contribution in [3.63, 3.8) is 0 Å². The van der Waals surface area contributed by atoms with Crippen LogP contribution in [0.25, 0.3) is 0 Å². The molecule has 2 rings (SSSR count). The van der Waals surface area contributed by atoms with Gasteiger partial charge in [0.1, 0.15) is 6.10 Å². The highest BCUT2D eigenvalue weighted by molar-refractivity contribution is 9.10. The van der Waals surface area contributed by atoms with Gasteiger partial charge in [0.25, 0.3) is 10.1 Å². The SMILES string of the molecule is CS(=O)(=O)OC(CCc1ccccc1)c1ccc(Br)cn1. The molecule has 0 aliphatic carbocycles. The smallest absolute Gasteiger partial charge is 0.260 e. The first-order chi connectivity index (χ1) is 9.94. The summed E-state index contributed by atoms with van der Waals surface area (Å²) in [4.78, 5) is 4.24. The van der Waals surface area contributed by atoms with Gasteiger partial charge in [-0.15, -0.1) is 0 Å². The van der Waals surface area contributed by atoms with Gasteiger partial charge in [-0.2, -0.15) is 8.42 Å². The molecule has 2 aromatic rings. The summed E-state index contributed by atoms with van der Waals surface area (Å²) >= 11 is 3.31. The minimum Gasteiger partial charge on any atom is -0.260 e. The molecule has 112 valence electrons. The van der Waals surface area contributed by atoms with Crippen molar-refractivity contribution in [2.75, 3.05) is 6.26 Å². The molecule has 0 aliphatic rings. The molecule has 21 heavy (non-hydrogen) atoms. The molecule has 6 heteroatoms. The third kappa shape index (κ3) is 5.57. The summed E-state index contributed by atoms with van der Waals surface area (Å²) in [5, 5.41) is 0. The number of aromatic nitrogens is 1. The summed E-state index contributed by atoms with van der Waals surface area (Å²) in [6, 6.07) is 13.5. The van der Waals surface area contributed by atoms with E-state index in [2.05, 4.69) is 20.9 Å². The van der Waals surface area contributed by atoms with E-state index in [0.717, 1.165) is 22.7 Å². The van der Waals surface area contributed by atoms with Crippen molar-refractivity contribution in [2.24, 2.45) is 0 Å². The summed E-state index contributed by atoms with van der Waals surface area (Å²) in [7, 11) is -3.54. The minimum absolute atomic E-state index is 0.547. The van der Waals surface area contributed by atoms with E-state index in [1.807, 2.05) is 36.4 Å². The first-order valence-electron chi connectivity index (χ1n) is 6.48. The van der Waals surface area contributed by atoms with Crippen molar-refractivity contribution in [1.29, 1.82) is 0 Å². The molecule has 1 heterocycles. The predicted molar refractivity (Wildman–Crippen MR) is 85.4 cm³/mol. The zero-order valence-electron chi connectivity index (χ0n) is 11.6. The van der Waals surface area contributed by atoms with Crippen LogP contribution in [0.1, 0.15) is 23.8 Å². The molecule has 0 aliphatic heterocycles. The first-order valence-corrected chi connectivity index (χ1v) is 9.08. The molecular weight excluding hydrogens is 354 g/mol. The Bertz CT molecular complexity index is 672. The Morgan fingerprint density at radius 3 is 2.48 bits per heavy atom. The van der Waals surface area contributed by atoms with Gasteiger partial charge in [-0.05, 0) is 46.5 Å². The number of aryl methyl sites for hydroxylation is 1. The molecule has 0 spiro atoms. The van der Waals surface area contributed by atoms with E-state index in [-0.39, 0.29) is 0 Å². The Balaban J connectivity index is 2.14. The molecule has 0 bridgehead atoms. The maximum Gasteiger partial charge on any atom is 0.265 e. The highest BCUT2D eigenvalue weighted by Gasteiger charge is 2.19. The van der Waals surface area contributed by atoms with Crippen molar-refractivity contribution in [1.82, 2.24) is 4.98 Å². The van der Waals surface area contributed by atoms with Gasteiger partial charge in [0.15, 0.2) is 0 Å². The van der Waals surface area contributed by atoms with Crippen LogP contribution in [0.15, 0.2) is 53.1 Å². The maximum absolute atomic E-state index is 11.4. The molecule has 0 saturated carbocycles. The molecule has 0 amide bonds. The molecule has 4 nitrogen and oxygen atoms in total. The lowest BCUT2D eigenvalue weighted by Crippen LogP contribution is -2.12. The third-order valence-corrected chi connectivity index (χ3v) is 3.96. The Morgan fingerprint density at radius 2 is 1.90 bits per heavy atom. The van der Waals surface area contributed by atoms with E-state index < -0.39 is 16.2 Å². The zero-order chi connectivity index (χ0) is 15.3. The van der Waals surface area contributed by atoms with Crippen molar-refractivity contribution >= 4 is 26.0 Å². The number of hydrogen-bond acceptors (Lipinski definition) is 4. The van der Waals surface area contributed by atoms with Crippen LogP contribution in [0, 0.1) is 0 Å². The molecular formula is C15H16BrNO3S. The molecule has 1 aromatic carbocycles. The molecule has 0 saturated heterocycles. The minimum atomic E-state index is -3.54. The normalized spacial score (nSPS) is 13.0. The molecule has 0 N–H and O–H groups in total. The van der Waals surface area contributed by atoms with Crippen LogP contribution in [0.5, 0.6) is 0 Å². The Morgan fingerprint density at radius 1 is 1.19 bits per heavy atom. The van der Waals surface area contributed by atoms with Crippen molar-refractivity contribution in [3.8, 4) is 0 Å². The number of benzene rings is 1. The second-order valence-electron chi connectivity index (χ2n) is 4.71. The average Bonchev–Trinajstić information content (AvgIpc) is 2.44. The lowest BCUT2D eigenvalue weighted by atomic mass is 10.0. The fourth-order valence-corrected chi connectivity index (χ4v) is 2.83. The summed E-state index contributed by atoms with van der Waals surface area (Å²) in [5.74, 6) is 0. The molecule has 0 fully saturated rings. The summed E-state index contributed by atoms with van der Waals surface area (Å²) < 4.78 is 28.9. The van der Waals surface area contributed by atoms with Crippen LogP contribution in [-0.4, -0.2) is 19.7 Å². The molecule has 0 radical (unpaired) electrons. The average molecular weight is 370 g/mol. The number of nitrogens with zero attached hydrogens (tertiary/aromatic N) is 1. The van der Waals surface area contributed by atoms with E-state index in [1.165, 1.54) is 0 Å². The number of rotatable bonds is 6. The quantitative estimate of drug-likeness (QED) is 0.731. The summed E-state index contributed by atoms with van der Waals surface area (Å²) in [6.07, 6.45) is 3.39. The van der Waals surface area contributed by atoms with Gasteiger partial charge in [0.05, 0.1) is 11.9 Å². The van der Waals surface area contributed by atoms with Crippen molar-refractivity contribution < 1.29 is 12.6 Å². The number of hydrogen-bond donors (Lipinski definition) is 0. The molecule has 1 aromatic heterocycles. The van der Waals surface area contributed by atoms with Crippen LogP contribution in [0.4, 0.5) is 0 Å². The van der Waals surface area contributed by atoms with Gasteiger partial charge in [0.2, 0.25) is 0 Å². The second-order valence-corrected chi connectivity index (χ2v) is 7.23. The third-order valence-electron chi connectivity index (χ3n) is 2.91. The Labute approximate surface area is 133 Å².